The monoisotopic (exact) mass is 262 g/mol. The summed E-state index contributed by atoms with van der Waals surface area (Å²) in [4.78, 5) is 0. The SMILES string of the molecule is NNC(CCC1CCCO1)c1cccc2c1OCC2. The molecule has 2 heterocycles. The number of rotatable bonds is 5. The molecule has 3 N–H and O–H groups in total. The van der Waals surface area contributed by atoms with Gasteiger partial charge in [0.2, 0.25) is 0 Å². The number of hydrogen-bond donors (Lipinski definition) is 2. The molecule has 2 unspecified atom stereocenters. The van der Waals surface area contributed by atoms with Crippen LogP contribution in [0.4, 0.5) is 0 Å². The highest BCUT2D eigenvalue weighted by atomic mass is 16.5. The smallest absolute Gasteiger partial charge is 0.127 e. The van der Waals surface area contributed by atoms with Crippen LogP contribution in [0.1, 0.15) is 42.9 Å². The predicted molar refractivity (Wildman–Crippen MR) is 73.9 cm³/mol. The molecule has 104 valence electrons. The fourth-order valence-electron chi connectivity index (χ4n) is 3.07. The van der Waals surface area contributed by atoms with Crippen molar-refractivity contribution in [1.82, 2.24) is 5.43 Å². The second-order valence-corrected chi connectivity index (χ2v) is 5.37. The lowest BCUT2D eigenvalue weighted by Crippen LogP contribution is -2.29. The van der Waals surface area contributed by atoms with Crippen molar-refractivity contribution in [2.45, 2.75) is 44.2 Å². The summed E-state index contributed by atoms with van der Waals surface area (Å²) < 4.78 is 11.4. The number of ether oxygens (including phenoxy) is 2. The van der Waals surface area contributed by atoms with Gasteiger partial charge in [0.15, 0.2) is 0 Å². The average Bonchev–Trinajstić information content (AvgIpc) is 3.10. The van der Waals surface area contributed by atoms with E-state index in [2.05, 4.69) is 23.6 Å². The lowest BCUT2D eigenvalue weighted by Gasteiger charge is -2.20. The molecule has 4 heteroatoms. The molecule has 4 nitrogen and oxygen atoms in total. The molecule has 1 fully saturated rings. The highest BCUT2D eigenvalue weighted by molar-refractivity contribution is 5.45. The maximum atomic E-state index is 5.76. The summed E-state index contributed by atoms with van der Waals surface area (Å²) in [5.74, 6) is 6.78. The minimum Gasteiger partial charge on any atom is -0.493 e. The molecule has 0 bridgehead atoms. The Morgan fingerprint density at radius 2 is 2.32 bits per heavy atom. The molecule has 1 aromatic rings. The van der Waals surface area contributed by atoms with Crippen molar-refractivity contribution in [3.63, 3.8) is 0 Å². The third-order valence-corrected chi connectivity index (χ3v) is 4.12. The Hall–Kier alpha value is -1.10. The molecule has 0 radical (unpaired) electrons. The van der Waals surface area contributed by atoms with Crippen LogP contribution in [0.25, 0.3) is 0 Å². The van der Waals surface area contributed by atoms with Gasteiger partial charge >= 0.3 is 0 Å². The first-order valence-electron chi connectivity index (χ1n) is 7.21. The number of hydrogen-bond acceptors (Lipinski definition) is 4. The van der Waals surface area contributed by atoms with Crippen LogP contribution in [0.15, 0.2) is 18.2 Å². The third kappa shape index (κ3) is 2.76. The fraction of sp³-hybridized carbons (Fsp3) is 0.600. The normalized spacial score (nSPS) is 23.1. The minimum atomic E-state index is 0.150. The second kappa shape index (κ2) is 5.90. The topological polar surface area (TPSA) is 56.5 Å². The molecular formula is C15H22N2O2. The summed E-state index contributed by atoms with van der Waals surface area (Å²) >= 11 is 0. The van der Waals surface area contributed by atoms with E-state index in [4.69, 9.17) is 15.3 Å². The molecule has 0 spiro atoms. The van der Waals surface area contributed by atoms with Crippen LogP contribution in [-0.4, -0.2) is 19.3 Å². The summed E-state index contributed by atoms with van der Waals surface area (Å²) in [6.45, 7) is 1.70. The van der Waals surface area contributed by atoms with Crippen molar-refractivity contribution in [3.8, 4) is 5.75 Å². The predicted octanol–water partition coefficient (Wildman–Crippen LogP) is 2.09. The van der Waals surface area contributed by atoms with Crippen molar-refractivity contribution in [1.29, 1.82) is 0 Å². The van der Waals surface area contributed by atoms with E-state index >= 15 is 0 Å². The summed E-state index contributed by atoms with van der Waals surface area (Å²) in [6.07, 6.45) is 5.83. The molecule has 2 aliphatic rings. The van der Waals surface area contributed by atoms with E-state index in [1.165, 1.54) is 24.0 Å². The van der Waals surface area contributed by atoms with Gasteiger partial charge in [0.25, 0.3) is 0 Å². The molecule has 3 rings (SSSR count). The molecule has 0 saturated carbocycles. The Balaban J connectivity index is 1.69. The number of para-hydroxylation sites is 1. The van der Waals surface area contributed by atoms with Crippen LogP contribution in [0, 0.1) is 0 Å². The van der Waals surface area contributed by atoms with E-state index in [9.17, 15) is 0 Å². The molecule has 2 aliphatic heterocycles. The summed E-state index contributed by atoms with van der Waals surface area (Å²) in [7, 11) is 0. The van der Waals surface area contributed by atoms with Gasteiger partial charge in [-0.1, -0.05) is 18.2 Å². The third-order valence-electron chi connectivity index (χ3n) is 4.12. The summed E-state index contributed by atoms with van der Waals surface area (Å²) in [5.41, 5.74) is 5.43. The van der Waals surface area contributed by atoms with Gasteiger partial charge in [-0.25, -0.2) is 0 Å². The zero-order valence-corrected chi connectivity index (χ0v) is 11.2. The highest BCUT2D eigenvalue weighted by Crippen LogP contribution is 2.35. The number of hydrazine groups is 1. The first-order valence-corrected chi connectivity index (χ1v) is 7.21. The molecule has 0 aliphatic carbocycles. The maximum absolute atomic E-state index is 5.76. The van der Waals surface area contributed by atoms with Crippen LogP contribution >= 0.6 is 0 Å². The average molecular weight is 262 g/mol. The van der Waals surface area contributed by atoms with Gasteiger partial charge in [-0.3, -0.25) is 11.3 Å². The fourth-order valence-corrected chi connectivity index (χ4v) is 3.07. The standard InChI is InChI=1S/C15H22N2O2/c16-17-14(7-6-12-4-2-9-18-12)13-5-1-3-11-8-10-19-15(11)13/h1,3,5,12,14,17H,2,4,6-10,16H2. The Morgan fingerprint density at radius 3 is 3.11 bits per heavy atom. The van der Waals surface area contributed by atoms with Gasteiger partial charge in [0, 0.05) is 24.6 Å². The van der Waals surface area contributed by atoms with Crippen LogP contribution in [-0.2, 0) is 11.2 Å². The van der Waals surface area contributed by atoms with Crippen LogP contribution in [0.3, 0.4) is 0 Å². The first-order chi connectivity index (χ1) is 9.38. The van der Waals surface area contributed by atoms with E-state index in [-0.39, 0.29) is 6.04 Å². The maximum Gasteiger partial charge on any atom is 0.127 e. The van der Waals surface area contributed by atoms with E-state index in [0.29, 0.717) is 6.10 Å². The second-order valence-electron chi connectivity index (χ2n) is 5.37. The Morgan fingerprint density at radius 1 is 1.37 bits per heavy atom. The Kier molecular flexibility index (Phi) is 4.01. The van der Waals surface area contributed by atoms with Crippen molar-refractivity contribution in [3.05, 3.63) is 29.3 Å². The van der Waals surface area contributed by atoms with Gasteiger partial charge in [-0.05, 0) is 31.2 Å². The Labute approximate surface area is 114 Å². The first kappa shape index (κ1) is 12.9. The van der Waals surface area contributed by atoms with E-state index in [1.54, 1.807) is 0 Å². The van der Waals surface area contributed by atoms with Gasteiger partial charge in [0.1, 0.15) is 5.75 Å². The van der Waals surface area contributed by atoms with Crippen molar-refractivity contribution in [2.24, 2.45) is 5.84 Å². The number of nitrogens with one attached hydrogen (secondary N) is 1. The quantitative estimate of drug-likeness (QED) is 0.630. The molecule has 0 aromatic heterocycles. The molecule has 1 aromatic carbocycles. The number of fused-ring (bicyclic) bond motifs is 1. The van der Waals surface area contributed by atoms with Crippen LogP contribution < -0.4 is 16.0 Å². The van der Waals surface area contributed by atoms with Gasteiger partial charge in [-0.15, -0.1) is 0 Å². The number of benzene rings is 1. The van der Waals surface area contributed by atoms with E-state index in [1.807, 2.05) is 0 Å². The van der Waals surface area contributed by atoms with Gasteiger partial charge < -0.3 is 9.47 Å². The molecule has 19 heavy (non-hydrogen) atoms. The van der Waals surface area contributed by atoms with Crippen LogP contribution in [0.2, 0.25) is 0 Å². The van der Waals surface area contributed by atoms with Crippen molar-refractivity contribution < 1.29 is 9.47 Å². The summed E-state index contributed by atoms with van der Waals surface area (Å²) in [5, 5.41) is 0. The van der Waals surface area contributed by atoms with Gasteiger partial charge in [-0.2, -0.15) is 0 Å². The van der Waals surface area contributed by atoms with Crippen molar-refractivity contribution >= 4 is 0 Å². The molecular weight excluding hydrogens is 240 g/mol. The largest absolute Gasteiger partial charge is 0.493 e. The van der Waals surface area contributed by atoms with E-state index in [0.717, 1.165) is 38.2 Å². The van der Waals surface area contributed by atoms with E-state index < -0.39 is 0 Å². The number of nitrogens with two attached hydrogens (primary N) is 1. The Bertz CT molecular complexity index is 430. The zero-order chi connectivity index (χ0) is 13.1. The minimum absolute atomic E-state index is 0.150. The zero-order valence-electron chi connectivity index (χ0n) is 11.2. The van der Waals surface area contributed by atoms with Gasteiger partial charge in [0.05, 0.1) is 12.7 Å². The lowest BCUT2D eigenvalue weighted by molar-refractivity contribution is 0.0995. The molecule has 2 atom stereocenters. The summed E-state index contributed by atoms with van der Waals surface area (Å²) in [6, 6.07) is 6.50. The van der Waals surface area contributed by atoms with Crippen LogP contribution in [0.5, 0.6) is 5.75 Å². The molecule has 0 amide bonds. The highest BCUT2D eigenvalue weighted by Gasteiger charge is 2.23. The lowest BCUT2D eigenvalue weighted by atomic mass is 9.97. The van der Waals surface area contributed by atoms with Crippen molar-refractivity contribution in [2.75, 3.05) is 13.2 Å². The molecule has 1 saturated heterocycles.